The van der Waals surface area contributed by atoms with Crippen molar-refractivity contribution in [3.05, 3.63) is 35.9 Å². The molecule has 0 aromatic heterocycles. The lowest BCUT2D eigenvalue weighted by molar-refractivity contribution is -0.135. The Hall–Kier alpha value is -1.06. The van der Waals surface area contributed by atoms with Gasteiger partial charge in [0.2, 0.25) is 5.91 Å². The minimum atomic E-state index is -0.165. The third-order valence-electron chi connectivity index (χ3n) is 6.93. The van der Waals surface area contributed by atoms with Crippen molar-refractivity contribution in [2.24, 2.45) is 23.2 Å². The Labute approximate surface area is 157 Å². The smallest absolute Gasteiger partial charge is 0.227 e. The number of amides is 1. The molecule has 25 heavy (non-hydrogen) atoms. The predicted octanol–water partition coefficient (Wildman–Crippen LogP) is 3.57. The first-order chi connectivity index (χ1) is 11.7. The lowest BCUT2D eigenvalue weighted by atomic mass is 9.68. The van der Waals surface area contributed by atoms with Gasteiger partial charge in [0, 0.05) is 12.6 Å². The molecule has 1 aromatic rings. The van der Waals surface area contributed by atoms with Crippen LogP contribution in [-0.2, 0) is 11.2 Å². The van der Waals surface area contributed by atoms with Crippen LogP contribution in [0.25, 0.3) is 0 Å². The Balaban J connectivity index is 0.00000182. The molecule has 138 valence electrons. The molecule has 3 fully saturated rings. The molecule has 2 aliphatic carbocycles. The van der Waals surface area contributed by atoms with Gasteiger partial charge in [-0.2, -0.15) is 0 Å². The summed E-state index contributed by atoms with van der Waals surface area (Å²) in [5.41, 5.74) is 1.15. The van der Waals surface area contributed by atoms with E-state index in [0.29, 0.717) is 17.7 Å². The van der Waals surface area contributed by atoms with Gasteiger partial charge in [-0.05, 0) is 62.0 Å². The molecule has 4 heteroatoms. The molecule has 0 spiro atoms. The topological polar surface area (TPSA) is 41.1 Å². The second kappa shape index (κ2) is 7.67. The Bertz CT molecular complexity index is 593. The standard InChI is InChI=1S/C21H30N2O.ClH/c1-15-9-10-22-14-19(15)23-20(24)21(12-16-5-3-2-4-6-16)13-17-7-8-18(21)11-17;/h2-6,15,17-19,22H,7-14H2,1H3,(H,23,24);1H. The van der Waals surface area contributed by atoms with Crippen molar-refractivity contribution in [2.75, 3.05) is 13.1 Å². The SMILES string of the molecule is CC1CCNCC1NC(=O)C1(Cc2ccccc2)CC2CCC1C2.Cl. The third kappa shape index (κ3) is 3.59. The number of piperidine rings is 1. The van der Waals surface area contributed by atoms with E-state index >= 15 is 0 Å². The molecule has 2 bridgehead atoms. The summed E-state index contributed by atoms with van der Waals surface area (Å²) in [4.78, 5) is 13.4. The molecular weight excluding hydrogens is 332 g/mol. The molecule has 1 aliphatic heterocycles. The maximum absolute atomic E-state index is 13.4. The van der Waals surface area contributed by atoms with Crippen LogP contribution in [0.4, 0.5) is 0 Å². The summed E-state index contributed by atoms with van der Waals surface area (Å²) >= 11 is 0. The highest BCUT2D eigenvalue weighted by molar-refractivity contribution is 5.85. The van der Waals surface area contributed by atoms with Crippen LogP contribution >= 0.6 is 12.4 Å². The zero-order chi connectivity index (χ0) is 16.6. The average molecular weight is 363 g/mol. The average Bonchev–Trinajstić information content (AvgIpc) is 3.19. The monoisotopic (exact) mass is 362 g/mol. The largest absolute Gasteiger partial charge is 0.351 e. The highest BCUT2D eigenvalue weighted by Gasteiger charge is 2.55. The number of benzene rings is 1. The van der Waals surface area contributed by atoms with Crippen LogP contribution in [0.1, 0.15) is 44.6 Å². The molecular formula is C21H31ClN2O. The summed E-state index contributed by atoms with van der Waals surface area (Å²) in [6.07, 6.45) is 6.99. The van der Waals surface area contributed by atoms with Crippen molar-refractivity contribution in [1.29, 1.82) is 0 Å². The summed E-state index contributed by atoms with van der Waals surface area (Å²) in [5, 5.41) is 6.90. The van der Waals surface area contributed by atoms with Crippen molar-refractivity contribution in [2.45, 2.75) is 51.5 Å². The molecule has 4 rings (SSSR count). The Morgan fingerprint density at radius 3 is 2.68 bits per heavy atom. The second-order valence-electron chi connectivity index (χ2n) is 8.45. The van der Waals surface area contributed by atoms with E-state index in [-0.39, 0.29) is 23.9 Å². The molecule has 1 amide bonds. The van der Waals surface area contributed by atoms with Crippen molar-refractivity contribution in [3.63, 3.8) is 0 Å². The summed E-state index contributed by atoms with van der Waals surface area (Å²) in [7, 11) is 0. The highest BCUT2D eigenvalue weighted by Crippen LogP contribution is 2.57. The molecule has 5 unspecified atom stereocenters. The number of hydrogen-bond acceptors (Lipinski definition) is 2. The number of halogens is 1. The van der Waals surface area contributed by atoms with Crippen LogP contribution in [0, 0.1) is 23.2 Å². The summed E-state index contributed by atoms with van der Waals surface area (Å²) in [5.74, 6) is 2.25. The number of carbonyl (C=O) groups is 1. The van der Waals surface area contributed by atoms with Crippen LogP contribution in [0.5, 0.6) is 0 Å². The molecule has 3 aliphatic rings. The summed E-state index contributed by atoms with van der Waals surface area (Å²) in [6, 6.07) is 10.9. The van der Waals surface area contributed by atoms with Crippen molar-refractivity contribution >= 4 is 18.3 Å². The summed E-state index contributed by atoms with van der Waals surface area (Å²) in [6.45, 7) is 4.27. The highest BCUT2D eigenvalue weighted by atomic mass is 35.5. The van der Waals surface area contributed by atoms with Gasteiger partial charge < -0.3 is 10.6 Å². The lowest BCUT2D eigenvalue weighted by Gasteiger charge is -2.39. The van der Waals surface area contributed by atoms with Gasteiger partial charge in [0.1, 0.15) is 0 Å². The minimum Gasteiger partial charge on any atom is -0.351 e. The van der Waals surface area contributed by atoms with Gasteiger partial charge in [0.25, 0.3) is 0 Å². The molecule has 1 heterocycles. The molecule has 2 saturated carbocycles. The quantitative estimate of drug-likeness (QED) is 0.859. The zero-order valence-corrected chi connectivity index (χ0v) is 16.0. The van der Waals surface area contributed by atoms with Gasteiger partial charge >= 0.3 is 0 Å². The lowest BCUT2D eigenvalue weighted by Crippen LogP contribution is -2.55. The number of fused-ring (bicyclic) bond motifs is 2. The van der Waals surface area contributed by atoms with Crippen LogP contribution < -0.4 is 10.6 Å². The Morgan fingerprint density at radius 1 is 1.24 bits per heavy atom. The van der Waals surface area contributed by atoms with E-state index in [1.165, 1.54) is 24.8 Å². The van der Waals surface area contributed by atoms with Gasteiger partial charge in [-0.3, -0.25) is 4.79 Å². The summed E-state index contributed by atoms with van der Waals surface area (Å²) < 4.78 is 0. The second-order valence-corrected chi connectivity index (χ2v) is 8.45. The molecule has 0 radical (unpaired) electrons. The Morgan fingerprint density at radius 2 is 2.04 bits per heavy atom. The first-order valence-corrected chi connectivity index (χ1v) is 9.73. The molecule has 1 aromatic carbocycles. The number of hydrogen-bond donors (Lipinski definition) is 2. The van der Waals surface area contributed by atoms with Crippen molar-refractivity contribution < 1.29 is 4.79 Å². The van der Waals surface area contributed by atoms with Crippen LogP contribution in [0.3, 0.4) is 0 Å². The fourth-order valence-corrected chi connectivity index (χ4v) is 5.47. The van der Waals surface area contributed by atoms with Crippen molar-refractivity contribution in [3.8, 4) is 0 Å². The van der Waals surface area contributed by atoms with Gasteiger partial charge in [-0.15, -0.1) is 12.4 Å². The van der Waals surface area contributed by atoms with Crippen molar-refractivity contribution in [1.82, 2.24) is 10.6 Å². The number of carbonyl (C=O) groups excluding carboxylic acids is 1. The fourth-order valence-electron chi connectivity index (χ4n) is 5.47. The van der Waals surface area contributed by atoms with Crippen LogP contribution in [0.2, 0.25) is 0 Å². The van der Waals surface area contributed by atoms with Gasteiger partial charge in [-0.1, -0.05) is 43.7 Å². The van der Waals surface area contributed by atoms with Crippen LogP contribution in [-0.4, -0.2) is 25.0 Å². The third-order valence-corrected chi connectivity index (χ3v) is 6.93. The fraction of sp³-hybridized carbons (Fsp3) is 0.667. The maximum atomic E-state index is 13.4. The van der Waals surface area contributed by atoms with E-state index in [0.717, 1.165) is 38.3 Å². The number of nitrogens with one attached hydrogen (secondary N) is 2. The van der Waals surface area contributed by atoms with E-state index in [2.05, 4.69) is 47.9 Å². The van der Waals surface area contributed by atoms with Gasteiger partial charge in [-0.25, -0.2) is 0 Å². The first kappa shape index (κ1) is 18.7. The molecule has 5 atom stereocenters. The van der Waals surface area contributed by atoms with E-state index in [1.54, 1.807) is 0 Å². The zero-order valence-electron chi connectivity index (χ0n) is 15.2. The van der Waals surface area contributed by atoms with E-state index in [9.17, 15) is 4.79 Å². The van der Waals surface area contributed by atoms with E-state index < -0.39 is 0 Å². The minimum absolute atomic E-state index is 0. The molecule has 3 nitrogen and oxygen atoms in total. The number of rotatable bonds is 4. The molecule has 1 saturated heterocycles. The predicted molar refractivity (Wildman–Crippen MR) is 104 cm³/mol. The molecule has 2 N–H and O–H groups in total. The van der Waals surface area contributed by atoms with E-state index in [4.69, 9.17) is 0 Å². The van der Waals surface area contributed by atoms with E-state index in [1.807, 2.05) is 0 Å². The normalized spacial score (nSPS) is 36.7. The van der Waals surface area contributed by atoms with Crippen LogP contribution in [0.15, 0.2) is 30.3 Å². The van der Waals surface area contributed by atoms with Gasteiger partial charge in [0.15, 0.2) is 0 Å². The first-order valence-electron chi connectivity index (χ1n) is 9.73. The van der Waals surface area contributed by atoms with Gasteiger partial charge in [0.05, 0.1) is 5.41 Å². The Kier molecular flexibility index (Phi) is 5.75. The maximum Gasteiger partial charge on any atom is 0.227 e.